The van der Waals surface area contributed by atoms with Gasteiger partial charge in [-0.05, 0) is 12.8 Å². The number of piperidine rings is 1. The Morgan fingerprint density at radius 3 is 2.67 bits per heavy atom. The van der Waals surface area contributed by atoms with Crippen LogP contribution in [0.25, 0.3) is 0 Å². The van der Waals surface area contributed by atoms with Crippen LogP contribution < -0.4 is 5.32 Å². The molecule has 0 bridgehead atoms. The highest BCUT2D eigenvalue weighted by atomic mass is 16.2. The predicted octanol–water partition coefficient (Wildman–Crippen LogP) is 1.54. The lowest BCUT2D eigenvalue weighted by molar-refractivity contribution is -0.122. The van der Waals surface area contributed by atoms with Crippen LogP contribution >= 0.6 is 0 Å². The lowest BCUT2D eigenvalue weighted by Crippen LogP contribution is -2.43. The molecule has 1 aliphatic rings. The maximum absolute atomic E-state index is 11.9. The van der Waals surface area contributed by atoms with Crippen molar-refractivity contribution >= 4 is 11.7 Å². The van der Waals surface area contributed by atoms with Crippen LogP contribution in [0.15, 0.2) is 30.3 Å². The fourth-order valence-corrected chi connectivity index (χ4v) is 1.81. The number of hydrogen-bond acceptors (Lipinski definition) is 2. The van der Waals surface area contributed by atoms with Crippen molar-refractivity contribution in [1.82, 2.24) is 5.32 Å². The van der Waals surface area contributed by atoms with Gasteiger partial charge in [-0.1, -0.05) is 30.3 Å². The van der Waals surface area contributed by atoms with Gasteiger partial charge in [0, 0.05) is 12.0 Å². The molecule has 15 heavy (non-hydrogen) atoms. The first-order valence-electron chi connectivity index (χ1n) is 5.16. The second kappa shape index (κ2) is 4.26. The summed E-state index contributed by atoms with van der Waals surface area (Å²) in [5, 5.41) is 2.73. The van der Waals surface area contributed by atoms with Gasteiger partial charge in [0.1, 0.15) is 0 Å². The van der Waals surface area contributed by atoms with Crippen LogP contribution in [-0.2, 0) is 4.79 Å². The van der Waals surface area contributed by atoms with Crippen LogP contribution in [0.5, 0.6) is 0 Å². The molecule has 78 valence electrons. The lowest BCUT2D eigenvalue weighted by Gasteiger charge is -2.21. The number of rotatable bonds is 2. The zero-order chi connectivity index (χ0) is 10.7. The highest BCUT2D eigenvalue weighted by Gasteiger charge is 2.25. The average molecular weight is 203 g/mol. The molecule has 0 aliphatic carbocycles. The van der Waals surface area contributed by atoms with Gasteiger partial charge in [0.2, 0.25) is 5.91 Å². The van der Waals surface area contributed by atoms with Crippen molar-refractivity contribution < 1.29 is 9.59 Å². The molecule has 2 rings (SSSR count). The summed E-state index contributed by atoms with van der Waals surface area (Å²) in [4.78, 5) is 23.1. The number of Topliss-reactive ketones (excluding diaryl/α,β-unsaturated/α-hetero) is 1. The van der Waals surface area contributed by atoms with Gasteiger partial charge in [-0.2, -0.15) is 0 Å². The van der Waals surface area contributed by atoms with Crippen LogP contribution in [0.4, 0.5) is 0 Å². The Morgan fingerprint density at radius 2 is 2.00 bits per heavy atom. The summed E-state index contributed by atoms with van der Waals surface area (Å²) in [6.07, 6.45) is 2.09. The molecule has 3 heteroatoms. The van der Waals surface area contributed by atoms with E-state index in [-0.39, 0.29) is 17.7 Å². The summed E-state index contributed by atoms with van der Waals surface area (Å²) >= 11 is 0. The summed E-state index contributed by atoms with van der Waals surface area (Å²) in [6.45, 7) is 0. The second-order valence-corrected chi connectivity index (χ2v) is 3.74. The molecule has 1 aliphatic heterocycles. The molecule has 0 saturated carbocycles. The van der Waals surface area contributed by atoms with Crippen molar-refractivity contribution in [1.29, 1.82) is 0 Å². The fourth-order valence-electron chi connectivity index (χ4n) is 1.81. The Balaban J connectivity index is 2.11. The molecule has 1 fully saturated rings. The zero-order valence-electron chi connectivity index (χ0n) is 8.40. The zero-order valence-corrected chi connectivity index (χ0v) is 8.40. The molecule has 0 spiro atoms. The molecule has 1 N–H and O–H groups in total. The van der Waals surface area contributed by atoms with Gasteiger partial charge in [0.15, 0.2) is 5.78 Å². The molecule has 1 amide bonds. The average Bonchev–Trinajstić information content (AvgIpc) is 2.29. The minimum absolute atomic E-state index is 0.0173. The van der Waals surface area contributed by atoms with Gasteiger partial charge < -0.3 is 5.32 Å². The summed E-state index contributed by atoms with van der Waals surface area (Å²) < 4.78 is 0. The maximum Gasteiger partial charge on any atom is 0.220 e. The van der Waals surface area contributed by atoms with Crippen LogP contribution in [0.3, 0.4) is 0 Å². The van der Waals surface area contributed by atoms with E-state index < -0.39 is 0 Å². The normalized spacial score (nSPS) is 20.8. The molecule has 1 aromatic carbocycles. The molecule has 1 unspecified atom stereocenters. The van der Waals surface area contributed by atoms with Gasteiger partial charge in [-0.25, -0.2) is 0 Å². The molecule has 1 aromatic rings. The second-order valence-electron chi connectivity index (χ2n) is 3.74. The molecule has 0 aromatic heterocycles. The van der Waals surface area contributed by atoms with E-state index in [0.29, 0.717) is 12.0 Å². The molecule has 0 radical (unpaired) electrons. The summed E-state index contributed by atoms with van der Waals surface area (Å²) in [7, 11) is 0. The largest absolute Gasteiger partial charge is 0.346 e. The van der Waals surface area contributed by atoms with Gasteiger partial charge >= 0.3 is 0 Å². The number of hydrogen-bond donors (Lipinski definition) is 1. The van der Waals surface area contributed by atoms with Crippen molar-refractivity contribution in [3.05, 3.63) is 35.9 Å². The van der Waals surface area contributed by atoms with Gasteiger partial charge in [0.25, 0.3) is 0 Å². The van der Waals surface area contributed by atoms with Crippen molar-refractivity contribution in [2.75, 3.05) is 0 Å². The standard InChI is InChI=1S/C12H13NO2/c14-11-8-4-7-10(13-11)12(15)9-5-2-1-3-6-9/h1-3,5-6,10H,4,7-8H2,(H,13,14). The van der Waals surface area contributed by atoms with Crippen molar-refractivity contribution in [3.63, 3.8) is 0 Å². The third kappa shape index (κ3) is 2.24. The first-order chi connectivity index (χ1) is 7.27. The number of amides is 1. The van der Waals surface area contributed by atoms with Gasteiger partial charge in [-0.3, -0.25) is 9.59 Å². The molecular formula is C12H13NO2. The third-order valence-electron chi connectivity index (χ3n) is 2.61. The predicted molar refractivity (Wildman–Crippen MR) is 56.6 cm³/mol. The first kappa shape index (κ1) is 9.90. The fraction of sp³-hybridized carbons (Fsp3) is 0.333. The molecular weight excluding hydrogens is 190 g/mol. The smallest absolute Gasteiger partial charge is 0.220 e. The van der Waals surface area contributed by atoms with E-state index in [1.54, 1.807) is 12.1 Å². The van der Waals surface area contributed by atoms with E-state index in [0.717, 1.165) is 12.8 Å². The van der Waals surface area contributed by atoms with E-state index in [9.17, 15) is 9.59 Å². The molecule has 1 heterocycles. The van der Waals surface area contributed by atoms with Gasteiger partial charge in [0.05, 0.1) is 6.04 Å². The SMILES string of the molecule is O=C1CCCC(C(=O)c2ccccc2)N1. The Kier molecular flexibility index (Phi) is 2.81. The van der Waals surface area contributed by atoms with Crippen LogP contribution in [-0.4, -0.2) is 17.7 Å². The Labute approximate surface area is 88.5 Å². The minimum atomic E-state index is -0.325. The molecule has 3 nitrogen and oxygen atoms in total. The Bertz CT molecular complexity index is 372. The number of carbonyl (C=O) groups excluding carboxylic acids is 2. The van der Waals surface area contributed by atoms with E-state index in [1.807, 2.05) is 18.2 Å². The molecule has 1 atom stereocenters. The molecule has 1 saturated heterocycles. The number of nitrogens with one attached hydrogen (secondary N) is 1. The van der Waals surface area contributed by atoms with Crippen LogP contribution in [0.1, 0.15) is 29.6 Å². The first-order valence-corrected chi connectivity index (χ1v) is 5.16. The van der Waals surface area contributed by atoms with Crippen LogP contribution in [0, 0.1) is 0 Å². The highest BCUT2D eigenvalue weighted by Crippen LogP contribution is 2.13. The van der Waals surface area contributed by atoms with Gasteiger partial charge in [-0.15, -0.1) is 0 Å². The minimum Gasteiger partial charge on any atom is -0.346 e. The number of benzene rings is 1. The van der Waals surface area contributed by atoms with Crippen molar-refractivity contribution in [2.24, 2.45) is 0 Å². The summed E-state index contributed by atoms with van der Waals surface area (Å²) in [5.74, 6) is -0.000758. The summed E-state index contributed by atoms with van der Waals surface area (Å²) in [5.41, 5.74) is 0.671. The lowest BCUT2D eigenvalue weighted by atomic mass is 9.96. The third-order valence-corrected chi connectivity index (χ3v) is 2.61. The van der Waals surface area contributed by atoms with E-state index in [2.05, 4.69) is 5.32 Å². The Morgan fingerprint density at radius 1 is 1.27 bits per heavy atom. The topological polar surface area (TPSA) is 46.2 Å². The van der Waals surface area contributed by atoms with E-state index >= 15 is 0 Å². The number of carbonyl (C=O) groups is 2. The van der Waals surface area contributed by atoms with E-state index in [4.69, 9.17) is 0 Å². The Hall–Kier alpha value is -1.64. The monoisotopic (exact) mass is 203 g/mol. The van der Waals surface area contributed by atoms with Crippen molar-refractivity contribution in [2.45, 2.75) is 25.3 Å². The van der Waals surface area contributed by atoms with E-state index in [1.165, 1.54) is 0 Å². The number of ketones is 1. The van der Waals surface area contributed by atoms with Crippen LogP contribution in [0.2, 0.25) is 0 Å². The quantitative estimate of drug-likeness (QED) is 0.741. The highest BCUT2D eigenvalue weighted by molar-refractivity contribution is 6.02. The maximum atomic E-state index is 11.9. The van der Waals surface area contributed by atoms with Crippen molar-refractivity contribution in [3.8, 4) is 0 Å². The summed E-state index contributed by atoms with van der Waals surface area (Å²) in [6, 6.07) is 8.77.